The fourth-order valence-corrected chi connectivity index (χ4v) is 10.7. The summed E-state index contributed by atoms with van der Waals surface area (Å²) in [7, 11) is -2.29. The van der Waals surface area contributed by atoms with Gasteiger partial charge in [0.05, 0.1) is 0 Å². The SMILES string of the molecule is CP(C)(=O)c1ccc(-c2ccc(C3(c4ccc(-c5nc(-c6ccccc6)nc(-c6ccc(-c7ccccc7-c7ccccc7)cc6)n5)cc4)CC4CCC3C4)cc2)cc1. The molecule has 7 aromatic carbocycles. The molecule has 0 saturated heterocycles. The van der Waals surface area contributed by atoms with Crippen molar-refractivity contribution in [3.05, 3.63) is 193 Å². The molecule has 3 unspecified atom stereocenters. The number of hydrogen-bond acceptors (Lipinski definition) is 4. The van der Waals surface area contributed by atoms with Gasteiger partial charge in [-0.3, -0.25) is 0 Å². The van der Waals surface area contributed by atoms with Gasteiger partial charge in [0.1, 0.15) is 7.14 Å². The smallest absolute Gasteiger partial charge is 0.164 e. The molecular weight excluding hydrogens is 738 g/mol. The summed E-state index contributed by atoms with van der Waals surface area (Å²) in [6.45, 7) is 3.66. The fraction of sp³-hybridized carbons (Fsp3) is 0.167. The van der Waals surface area contributed by atoms with E-state index < -0.39 is 7.14 Å². The second-order valence-electron chi connectivity index (χ2n) is 16.8. The molecule has 2 fully saturated rings. The second kappa shape index (κ2) is 15.2. The minimum absolute atomic E-state index is 0.0266. The Labute approximate surface area is 347 Å². The van der Waals surface area contributed by atoms with Crippen LogP contribution in [0.15, 0.2) is 182 Å². The predicted octanol–water partition coefficient (Wildman–Crippen LogP) is 13.2. The van der Waals surface area contributed by atoms with Crippen LogP contribution in [-0.4, -0.2) is 28.3 Å². The maximum Gasteiger partial charge on any atom is 0.164 e. The predicted molar refractivity (Wildman–Crippen MR) is 244 cm³/mol. The molecule has 2 aliphatic rings. The fourth-order valence-electron chi connectivity index (χ4n) is 9.85. The van der Waals surface area contributed by atoms with Crippen LogP contribution in [-0.2, 0) is 9.98 Å². The van der Waals surface area contributed by atoms with Gasteiger partial charge in [-0.15, -0.1) is 0 Å². The van der Waals surface area contributed by atoms with Crippen molar-refractivity contribution in [1.82, 2.24) is 15.0 Å². The molecule has 3 atom stereocenters. The number of benzene rings is 7. The molecular formula is C54H46N3OP. The van der Waals surface area contributed by atoms with Gasteiger partial charge in [0.15, 0.2) is 17.5 Å². The highest BCUT2D eigenvalue weighted by molar-refractivity contribution is 7.70. The molecule has 0 N–H and O–H groups in total. The first-order chi connectivity index (χ1) is 28.8. The lowest BCUT2D eigenvalue weighted by atomic mass is 9.64. The van der Waals surface area contributed by atoms with Gasteiger partial charge in [-0.1, -0.05) is 188 Å². The summed E-state index contributed by atoms with van der Waals surface area (Å²) < 4.78 is 12.6. The first-order valence-corrected chi connectivity index (χ1v) is 23.4. The molecule has 0 aliphatic heterocycles. The summed E-state index contributed by atoms with van der Waals surface area (Å²) in [6.07, 6.45) is 5.04. The normalized spacial score (nSPS) is 18.5. The van der Waals surface area contributed by atoms with E-state index in [9.17, 15) is 4.57 Å². The minimum Gasteiger partial charge on any atom is -0.319 e. The number of fused-ring (bicyclic) bond motifs is 2. The zero-order valence-electron chi connectivity index (χ0n) is 33.5. The lowest BCUT2D eigenvalue weighted by molar-refractivity contribution is 0.320. The maximum atomic E-state index is 12.6. The van der Waals surface area contributed by atoms with Crippen molar-refractivity contribution in [2.24, 2.45) is 11.8 Å². The van der Waals surface area contributed by atoms with Gasteiger partial charge in [-0.2, -0.15) is 0 Å². The van der Waals surface area contributed by atoms with Crippen LogP contribution in [0.25, 0.3) is 67.5 Å². The highest BCUT2D eigenvalue weighted by atomic mass is 31.2. The molecule has 0 radical (unpaired) electrons. The Bertz CT molecular complexity index is 2800. The van der Waals surface area contributed by atoms with Crippen LogP contribution >= 0.6 is 7.14 Å². The van der Waals surface area contributed by atoms with Gasteiger partial charge in [-0.05, 0) is 88.9 Å². The van der Waals surface area contributed by atoms with Crippen molar-refractivity contribution < 1.29 is 4.57 Å². The molecule has 2 bridgehead atoms. The first kappa shape index (κ1) is 37.1. The summed E-state index contributed by atoms with van der Waals surface area (Å²) in [5.41, 5.74) is 12.7. The number of hydrogen-bond donors (Lipinski definition) is 0. The average molecular weight is 784 g/mol. The summed E-state index contributed by atoms with van der Waals surface area (Å²) in [6, 6.07) is 64.5. The largest absolute Gasteiger partial charge is 0.319 e. The van der Waals surface area contributed by atoms with E-state index in [0.717, 1.165) is 39.0 Å². The van der Waals surface area contributed by atoms with Crippen molar-refractivity contribution >= 4 is 12.4 Å². The van der Waals surface area contributed by atoms with Gasteiger partial charge >= 0.3 is 0 Å². The lowest BCUT2D eigenvalue weighted by Gasteiger charge is -2.39. The summed E-state index contributed by atoms with van der Waals surface area (Å²) in [4.78, 5) is 15.2. The van der Waals surface area contributed by atoms with Crippen LogP contribution in [0.5, 0.6) is 0 Å². The molecule has 4 nitrogen and oxygen atoms in total. The Morgan fingerprint density at radius 1 is 0.441 bits per heavy atom. The summed E-state index contributed by atoms with van der Waals surface area (Å²) >= 11 is 0. The van der Waals surface area contributed by atoms with E-state index in [4.69, 9.17) is 15.0 Å². The maximum absolute atomic E-state index is 12.6. The Morgan fingerprint density at radius 3 is 1.29 bits per heavy atom. The zero-order valence-corrected chi connectivity index (χ0v) is 34.4. The van der Waals surface area contributed by atoms with Gasteiger partial charge in [0.2, 0.25) is 0 Å². The van der Waals surface area contributed by atoms with Gasteiger partial charge in [0, 0.05) is 27.4 Å². The molecule has 0 amide bonds. The Hall–Kier alpha value is -6.22. The summed E-state index contributed by atoms with van der Waals surface area (Å²) in [5, 5.41) is 0.919. The Balaban J connectivity index is 0.988. The third-order valence-corrected chi connectivity index (χ3v) is 14.4. The van der Waals surface area contributed by atoms with E-state index in [0.29, 0.717) is 23.4 Å². The molecule has 10 rings (SSSR count). The van der Waals surface area contributed by atoms with E-state index in [2.05, 4.69) is 152 Å². The Morgan fingerprint density at radius 2 is 0.831 bits per heavy atom. The topological polar surface area (TPSA) is 55.7 Å². The molecule has 288 valence electrons. The van der Waals surface area contributed by atoms with E-state index in [-0.39, 0.29) is 5.41 Å². The molecule has 1 aromatic heterocycles. The van der Waals surface area contributed by atoms with Crippen LogP contribution in [0, 0.1) is 11.8 Å². The van der Waals surface area contributed by atoms with E-state index in [1.165, 1.54) is 59.1 Å². The molecule has 0 spiro atoms. The van der Waals surface area contributed by atoms with Crippen LogP contribution in [0.4, 0.5) is 0 Å². The minimum atomic E-state index is -2.29. The van der Waals surface area contributed by atoms with Crippen molar-refractivity contribution in [1.29, 1.82) is 0 Å². The molecule has 5 heteroatoms. The third kappa shape index (κ3) is 7.06. The standard InChI is InChI=1S/C54H46N3OP/c1-59(2,58)48-33-26-39(27-34-48)38-22-29-45(30-23-38)54(36-37-17-28-47(54)35-37)46-31-24-44(25-32-46)53-56-51(42-13-7-4-8-14-42)55-52(57-53)43-20-18-41(19-21-43)50-16-10-9-15-49(50)40-11-5-3-6-12-40/h3-16,18-27,29-34,37,47H,17,28,35-36H2,1-2H3. The van der Waals surface area contributed by atoms with Crippen molar-refractivity contribution in [2.45, 2.75) is 31.1 Å². The van der Waals surface area contributed by atoms with Crippen LogP contribution in [0.1, 0.15) is 36.8 Å². The number of nitrogens with zero attached hydrogens (tertiary/aromatic N) is 3. The molecule has 1 heterocycles. The third-order valence-electron chi connectivity index (χ3n) is 12.9. The quantitative estimate of drug-likeness (QED) is 0.137. The van der Waals surface area contributed by atoms with Crippen molar-refractivity contribution in [3.63, 3.8) is 0 Å². The van der Waals surface area contributed by atoms with Crippen LogP contribution < -0.4 is 5.30 Å². The molecule has 2 saturated carbocycles. The Kier molecular flexibility index (Phi) is 9.54. The zero-order chi connectivity index (χ0) is 40.0. The van der Waals surface area contributed by atoms with E-state index in [1.54, 1.807) is 0 Å². The van der Waals surface area contributed by atoms with E-state index in [1.807, 2.05) is 43.7 Å². The lowest BCUT2D eigenvalue weighted by Crippen LogP contribution is -2.34. The van der Waals surface area contributed by atoms with Gasteiger partial charge in [0.25, 0.3) is 0 Å². The highest BCUT2D eigenvalue weighted by Gasteiger charge is 2.52. The van der Waals surface area contributed by atoms with Crippen molar-refractivity contribution in [3.8, 4) is 67.5 Å². The number of aromatic nitrogens is 3. The summed E-state index contributed by atoms with van der Waals surface area (Å²) in [5.74, 6) is 3.34. The average Bonchev–Trinajstić information content (AvgIpc) is 3.93. The van der Waals surface area contributed by atoms with Crippen molar-refractivity contribution in [2.75, 3.05) is 13.3 Å². The van der Waals surface area contributed by atoms with Gasteiger partial charge in [-0.25, -0.2) is 15.0 Å². The highest BCUT2D eigenvalue weighted by Crippen LogP contribution is 2.60. The first-order valence-electron chi connectivity index (χ1n) is 20.8. The van der Waals surface area contributed by atoms with Gasteiger partial charge < -0.3 is 4.57 Å². The van der Waals surface area contributed by atoms with E-state index >= 15 is 0 Å². The molecule has 59 heavy (non-hydrogen) atoms. The molecule has 8 aromatic rings. The molecule has 2 aliphatic carbocycles. The number of rotatable bonds is 9. The van der Waals surface area contributed by atoms with Crippen LogP contribution in [0.3, 0.4) is 0 Å². The second-order valence-corrected chi connectivity index (χ2v) is 20.0. The van der Waals surface area contributed by atoms with Crippen LogP contribution in [0.2, 0.25) is 0 Å². The monoisotopic (exact) mass is 783 g/mol.